The van der Waals surface area contributed by atoms with E-state index in [9.17, 15) is 9.18 Å². The van der Waals surface area contributed by atoms with E-state index in [1.54, 1.807) is 18.2 Å². The molecule has 29 heavy (non-hydrogen) atoms. The smallest absolute Gasteiger partial charge is 0.228 e. The highest BCUT2D eigenvalue weighted by atomic mass is 19.1. The molecule has 1 saturated heterocycles. The highest BCUT2D eigenvalue weighted by Crippen LogP contribution is 2.39. The third-order valence-corrected chi connectivity index (χ3v) is 4.54. The van der Waals surface area contributed by atoms with Gasteiger partial charge in [0.2, 0.25) is 5.91 Å². The SMILES string of the molecule is CCOc1cc(N2CCOCC2)c(OCC)cc1NC(=O)Cc1cccc(F)c1. The molecule has 156 valence electrons. The number of nitrogens with one attached hydrogen (secondary N) is 1. The summed E-state index contributed by atoms with van der Waals surface area (Å²) in [6.07, 6.45) is 0.0680. The van der Waals surface area contributed by atoms with E-state index in [4.69, 9.17) is 14.2 Å². The third-order valence-electron chi connectivity index (χ3n) is 4.54. The average molecular weight is 402 g/mol. The fourth-order valence-corrected chi connectivity index (χ4v) is 3.27. The molecule has 0 atom stereocenters. The van der Waals surface area contributed by atoms with Gasteiger partial charge in [0.05, 0.1) is 44.2 Å². The molecule has 1 amide bonds. The van der Waals surface area contributed by atoms with E-state index in [0.717, 1.165) is 18.8 Å². The van der Waals surface area contributed by atoms with Crippen molar-refractivity contribution in [2.45, 2.75) is 20.3 Å². The molecule has 1 N–H and O–H groups in total. The standard InChI is InChI=1S/C22H27FN2O4/c1-3-28-20-15-19(25-8-10-27-11-9-25)21(29-4-2)14-18(20)24-22(26)13-16-6-5-7-17(23)12-16/h5-7,12,14-15H,3-4,8-11,13H2,1-2H3,(H,24,26). The minimum absolute atomic E-state index is 0.0680. The number of ether oxygens (including phenoxy) is 3. The van der Waals surface area contributed by atoms with Gasteiger partial charge in [0, 0.05) is 25.2 Å². The monoisotopic (exact) mass is 402 g/mol. The van der Waals surface area contributed by atoms with Gasteiger partial charge in [0.1, 0.15) is 17.3 Å². The number of morpholine rings is 1. The quantitative estimate of drug-likeness (QED) is 0.731. The predicted molar refractivity (Wildman–Crippen MR) is 111 cm³/mol. The van der Waals surface area contributed by atoms with Crippen molar-refractivity contribution in [3.8, 4) is 11.5 Å². The molecule has 0 bridgehead atoms. The number of carbonyl (C=O) groups excluding carboxylic acids is 1. The van der Waals surface area contributed by atoms with E-state index in [1.807, 2.05) is 19.9 Å². The molecule has 3 rings (SSSR count). The van der Waals surface area contributed by atoms with Crippen LogP contribution in [-0.2, 0) is 16.0 Å². The summed E-state index contributed by atoms with van der Waals surface area (Å²) in [5.74, 6) is 0.640. The molecule has 0 spiro atoms. The summed E-state index contributed by atoms with van der Waals surface area (Å²) in [7, 11) is 0. The van der Waals surface area contributed by atoms with E-state index in [2.05, 4.69) is 10.2 Å². The summed E-state index contributed by atoms with van der Waals surface area (Å²) in [6.45, 7) is 7.60. The van der Waals surface area contributed by atoms with Gasteiger partial charge in [0.15, 0.2) is 0 Å². The minimum atomic E-state index is -0.362. The highest BCUT2D eigenvalue weighted by Gasteiger charge is 2.20. The lowest BCUT2D eigenvalue weighted by molar-refractivity contribution is -0.115. The van der Waals surface area contributed by atoms with E-state index in [1.165, 1.54) is 12.1 Å². The van der Waals surface area contributed by atoms with Crippen molar-refractivity contribution in [2.75, 3.05) is 49.7 Å². The lowest BCUT2D eigenvalue weighted by Crippen LogP contribution is -2.36. The zero-order valence-corrected chi connectivity index (χ0v) is 16.9. The normalized spacial score (nSPS) is 13.8. The number of amides is 1. The Hall–Kier alpha value is -2.80. The summed E-state index contributed by atoms with van der Waals surface area (Å²) in [4.78, 5) is 14.7. The maximum Gasteiger partial charge on any atom is 0.228 e. The van der Waals surface area contributed by atoms with Gasteiger partial charge >= 0.3 is 0 Å². The van der Waals surface area contributed by atoms with Crippen LogP contribution in [0.5, 0.6) is 11.5 Å². The van der Waals surface area contributed by atoms with E-state index in [0.29, 0.717) is 49.2 Å². The fourth-order valence-electron chi connectivity index (χ4n) is 3.27. The van der Waals surface area contributed by atoms with Gasteiger partial charge in [-0.15, -0.1) is 0 Å². The number of rotatable bonds is 8. The number of carbonyl (C=O) groups is 1. The molecule has 1 fully saturated rings. The van der Waals surface area contributed by atoms with Crippen LogP contribution < -0.4 is 19.7 Å². The second kappa shape index (κ2) is 10.1. The van der Waals surface area contributed by atoms with Gasteiger partial charge < -0.3 is 24.4 Å². The molecular formula is C22H27FN2O4. The number of anilines is 2. The van der Waals surface area contributed by atoms with Crippen molar-refractivity contribution >= 4 is 17.3 Å². The molecule has 0 unspecified atom stereocenters. The summed E-state index contributed by atoms with van der Waals surface area (Å²) in [5, 5.41) is 2.88. The molecule has 1 aliphatic heterocycles. The summed E-state index contributed by atoms with van der Waals surface area (Å²) in [6, 6.07) is 9.72. The Kier molecular flexibility index (Phi) is 7.30. The first-order valence-corrected chi connectivity index (χ1v) is 9.91. The second-order valence-corrected chi connectivity index (χ2v) is 6.64. The molecule has 1 aliphatic rings. The average Bonchev–Trinajstić information content (AvgIpc) is 2.71. The predicted octanol–water partition coefficient (Wildman–Crippen LogP) is 3.64. The lowest BCUT2D eigenvalue weighted by atomic mass is 10.1. The number of benzene rings is 2. The summed E-state index contributed by atoms with van der Waals surface area (Å²) < 4.78 is 30.5. The molecule has 2 aromatic carbocycles. The van der Waals surface area contributed by atoms with Crippen LogP contribution in [0.15, 0.2) is 36.4 Å². The van der Waals surface area contributed by atoms with Crippen molar-refractivity contribution in [1.29, 1.82) is 0 Å². The topological polar surface area (TPSA) is 60.0 Å². The van der Waals surface area contributed by atoms with Crippen molar-refractivity contribution in [2.24, 2.45) is 0 Å². The van der Waals surface area contributed by atoms with Gasteiger partial charge in [-0.25, -0.2) is 4.39 Å². The Bertz CT molecular complexity index is 838. The fraction of sp³-hybridized carbons (Fsp3) is 0.409. The number of hydrogen-bond acceptors (Lipinski definition) is 5. The van der Waals surface area contributed by atoms with Crippen molar-refractivity contribution in [3.05, 3.63) is 47.8 Å². The van der Waals surface area contributed by atoms with Crippen LogP contribution in [0, 0.1) is 5.82 Å². The van der Waals surface area contributed by atoms with Crippen molar-refractivity contribution in [3.63, 3.8) is 0 Å². The molecule has 7 heteroatoms. The number of halogens is 1. The first-order chi connectivity index (χ1) is 14.1. The van der Waals surface area contributed by atoms with E-state index in [-0.39, 0.29) is 18.1 Å². The molecule has 6 nitrogen and oxygen atoms in total. The Balaban J connectivity index is 1.85. The Labute approximate surface area is 170 Å². The van der Waals surface area contributed by atoms with Crippen molar-refractivity contribution < 1.29 is 23.4 Å². The van der Waals surface area contributed by atoms with Crippen LogP contribution >= 0.6 is 0 Å². The molecule has 2 aromatic rings. The van der Waals surface area contributed by atoms with Gasteiger partial charge in [-0.05, 0) is 31.5 Å². The van der Waals surface area contributed by atoms with Crippen molar-refractivity contribution in [1.82, 2.24) is 0 Å². The molecule has 0 aromatic heterocycles. The maximum absolute atomic E-state index is 13.4. The van der Waals surface area contributed by atoms with Gasteiger partial charge in [0.25, 0.3) is 0 Å². The molecular weight excluding hydrogens is 375 g/mol. The summed E-state index contributed by atoms with van der Waals surface area (Å²) in [5.41, 5.74) is 2.06. The van der Waals surface area contributed by atoms with Gasteiger partial charge in [-0.1, -0.05) is 12.1 Å². The molecule has 0 aliphatic carbocycles. The molecule has 1 heterocycles. The molecule has 0 saturated carbocycles. The van der Waals surface area contributed by atoms with Crippen LogP contribution in [0.3, 0.4) is 0 Å². The largest absolute Gasteiger partial charge is 0.492 e. The van der Waals surface area contributed by atoms with Gasteiger partial charge in [-0.3, -0.25) is 4.79 Å². The van der Waals surface area contributed by atoms with Crippen LogP contribution in [0.4, 0.5) is 15.8 Å². The Morgan fingerprint density at radius 1 is 1.10 bits per heavy atom. The number of hydrogen-bond donors (Lipinski definition) is 1. The zero-order chi connectivity index (χ0) is 20.6. The van der Waals surface area contributed by atoms with Crippen LogP contribution in [0.25, 0.3) is 0 Å². The van der Waals surface area contributed by atoms with Gasteiger partial charge in [-0.2, -0.15) is 0 Å². The Morgan fingerprint density at radius 3 is 2.52 bits per heavy atom. The van der Waals surface area contributed by atoms with Crippen LogP contribution in [0.1, 0.15) is 19.4 Å². The lowest BCUT2D eigenvalue weighted by Gasteiger charge is -2.31. The third kappa shape index (κ3) is 5.60. The Morgan fingerprint density at radius 2 is 1.83 bits per heavy atom. The maximum atomic E-state index is 13.4. The van der Waals surface area contributed by atoms with E-state index < -0.39 is 0 Å². The first-order valence-electron chi connectivity index (χ1n) is 9.91. The van der Waals surface area contributed by atoms with Crippen LogP contribution in [-0.4, -0.2) is 45.4 Å². The first kappa shape index (κ1) is 20.9. The minimum Gasteiger partial charge on any atom is -0.492 e. The van der Waals surface area contributed by atoms with Crippen LogP contribution in [0.2, 0.25) is 0 Å². The molecule has 0 radical (unpaired) electrons. The van der Waals surface area contributed by atoms with E-state index >= 15 is 0 Å². The second-order valence-electron chi connectivity index (χ2n) is 6.64. The zero-order valence-electron chi connectivity index (χ0n) is 16.9. The number of nitrogens with zero attached hydrogens (tertiary/aromatic N) is 1. The highest BCUT2D eigenvalue weighted by molar-refractivity contribution is 5.94. The summed E-state index contributed by atoms with van der Waals surface area (Å²) >= 11 is 0.